The highest BCUT2D eigenvalue weighted by atomic mass is 79.9. The molecule has 29 heavy (non-hydrogen) atoms. The van der Waals surface area contributed by atoms with E-state index in [-0.39, 0.29) is 24.1 Å². The van der Waals surface area contributed by atoms with Crippen molar-refractivity contribution in [3.05, 3.63) is 75.2 Å². The van der Waals surface area contributed by atoms with Gasteiger partial charge in [0.15, 0.2) is 0 Å². The number of nitrogens with zero attached hydrogens (tertiary/aromatic N) is 2. The highest BCUT2D eigenvalue weighted by molar-refractivity contribution is 9.10. The number of fused-ring (bicyclic) bond motifs is 3. The van der Waals surface area contributed by atoms with Crippen molar-refractivity contribution in [1.82, 2.24) is 19.9 Å². The van der Waals surface area contributed by atoms with Crippen molar-refractivity contribution >= 4 is 43.8 Å². The molecular weight excluding hydrogens is 432 g/mol. The van der Waals surface area contributed by atoms with Crippen molar-refractivity contribution in [3.8, 4) is 0 Å². The smallest absolute Gasteiger partial charge is 0.278 e. The Morgan fingerprint density at radius 2 is 2.03 bits per heavy atom. The number of rotatable bonds is 6. The number of amides is 1. The summed E-state index contributed by atoms with van der Waals surface area (Å²) in [5.41, 5.74) is 2.84. The minimum Gasteiger partial charge on any atom is -0.352 e. The molecule has 4 aromatic rings. The summed E-state index contributed by atoms with van der Waals surface area (Å²) in [5.74, 6) is -0.201. The molecule has 0 unspecified atom stereocenters. The van der Waals surface area contributed by atoms with Crippen molar-refractivity contribution in [2.24, 2.45) is 0 Å². The van der Waals surface area contributed by atoms with Gasteiger partial charge in [-0.15, -0.1) is 0 Å². The summed E-state index contributed by atoms with van der Waals surface area (Å²) in [5, 5.41) is 3.84. The molecule has 0 fully saturated rings. The lowest BCUT2D eigenvalue weighted by Crippen LogP contribution is -2.37. The Bertz CT molecular complexity index is 1230. The molecule has 1 atom stereocenters. The first-order valence-corrected chi connectivity index (χ1v) is 10.3. The van der Waals surface area contributed by atoms with Crippen LogP contribution in [0.15, 0.2) is 64.1 Å². The Kier molecular flexibility index (Phi) is 5.49. The molecule has 2 aromatic carbocycles. The zero-order chi connectivity index (χ0) is 20.4. The fourth-order valence-corrected chi connectivity index (χ4v) is 3.81. The normalized spacial score (nSPS) is 12.3. The van der Waals surface area contributed by atoms with Gasteiger partial charge in [-0.1, -0.05) is 46.3 Å². The van der Waals surface area contributed by atoms with Crippen LogP contribution in [0, 0.1) is 0 Å². The van der Waals surface area contributed by atoms with E-state index in [4.69, 9.17) is 0 Å². The number of aromatic amines is 1. The largest absolute Gasteiger partial charge is 0.352 e. The van der Waals surface area contributed by atoms with E-state index in [2.05, 4.69) is 43.3 Å². The standard InChI is InChI=1S/C22H21BrN4O2/c1-14(7-8-15-5-3-2-4-6-15)25-19(28)12-27-13-24-20-17-11-16(23)9-10-18(17)26-21(20)22(27)29/h2-6,9-11,13-14,26H,7-8,12H2,1H3,(H,25,28)/t14-/m1/s1. The van der Waals surface area contributed by atoms with Gasteiger partial charge in [-0.3, -0.25) is 14.2 Å². The van der Waals surface area contributed by atoms with Crippen LogP contribution in [0.1, 0.15) is 18.9 Å². The van der Waals surface area contributed by atoms with Gasteiger partial charge in [0.2, 0.25) is 5.91 Å². The topological polar surface area (TPSA) is 79.8 Å². The first kappa shape index (κ1) is 19.4. The predicted molar refractivity (Wildman–Crippen MR) is 118 cm³/mol. The summed E-state index contributed by atoms with van der Waals surface area (Å²) in [6, 6.07) is 15.9. The average molecular weight is 453 g/mol. The zero-order valence-corrected chi connectivity index (χ0v) is 17.6. The third-order valence-corrected chi connectivity index (χ3v) is 5.46. The average Bonchev–Trinajstić information content (AvgIpc) is 3.08. The van der Waals surface area contributed by atoms with Crippen molar-refractivity contribution in [3.63, 3.8) is 0 Å². The van der Waals surface area contributed by atoms with Crippen LogP contribution in [-0.2, 0) is 17.8 Å². The SMILES string of the molecule is C[C@H](CCc1ccccc1)NC(=O)Cn1cnc2c([nH]c3ccc(Br)cc32)c1=O. The van der Waals surface area contributed by atoms with E-state index in [1.165, 1.54) is 16.5 Å². The number of benzene rings is 2. The maximum atomic E-state index is 12.8. The fourth-order valence-electron chi connectivity index (χ4n) is 3.45. The van der Waals surface area contributed by atoms with Crippen LogP contribution in [0.4, 0.5) is 0 Å². The van der Waals surface area contributed by atoms with Crippen molar-refractivity contribution in [2.75, 3.05) is 0 Å². The maximum absolute atomic E-state index is 12.8. The summed E-state index contributed by atoms with van der Waals surface area (Å²) in [7, 11) is 0. The van der Waals surface area contributed by atoms with Gasteiger partial charge in [0.05, 0.1) is 6.33 Å². The third-order valence-electron chi connectivity index (χ3n) is 4.96. The number of hydrogen-bond donors (Lipinski definition) is 2. The van der Waals surface area contributed by atoms with Crippen LogP contribution >= 0.6 is 15.9 Å². The van der Waals surface area contributed by atoms with Gasteiger partial charge in [0.25, 0.3) is 5.56 Å². The number of H-pyrrole nitrogens is 1. The molecule has 7 heteroatoms. The van der Waals surface area contributed by atoms with Gasteiger partial charge >= 0.3 is 0 Å². The van der Waals surface area contributed by atoms with Gasteiger partial charge in [0.1, 0.15) is 17.6 Å². The molecule has 0 bridgehead atoms. The first-order valence-electron chi connectivity index (χ1n) is 9.51. The second-order valence-corrected chi connectivity index (χ2v) is 8.12. The highest BCUT2D eigenvalue weighted by Crippen LogP contribution is 2.24. The van der Waals surface area contributed by atoms with Crippen LogP contribution in [-0.4, -0.2) is 26.5 Å². The number of halogens is 1. The summed E-state index contributed by atoms with van der Waals surface area (Å²) in [6.45, 7) is 1.91. The van der Waals surface area contributed by atoms with Crippen molar-refractivity contribution < 1.29 is 4.79 Å². The van der Waals surface area contributed by atoms with Crippen molar-refractivity contribution in [1.29, 1.82) is 0 Å². The molecule has 2 N–H and O–H groups in total. The molecule has 6 nitrogen and oxygen atoms in total. The minimum atomic E-state index is -0.255. The Morgan fingerprint density at radius 1 is 1.24 bits per heavy atom. The Hall–Kier alpha value is -2.93. The Labute approximate surface area is 176 Å². The number of aromatic nitrogens is 3. The molecule has 0 saturated carbocycles. The van der Waals surface area contributed by atoms with E-state index >= 15 is 0 Å². The quantitative estimate of drug-likeness (QED) is 0.467. The molecule has 0 aliphatic rings. The lowest BCUT2D eigenvalue weighted by atomic mass is 10.1. The molecule has 4 rings (SSSR count). The first-order chi connectivity index (χ1) is 14.0. The second-order valence-electron chi connectivity index (χ2n) is 7.21. The van der Waals surface area contributed by atoms with E-state index in [0.29, 0.717) is 11.0 Å². The van der Waals surface area contributed by atoms with Gasteiger partial charge in [-0.2, -0.15) is 0 Å². The fraction of sp³-hybridized carbons (Fsp3) is 0.227. The van der Waals surface area contributed by atoms with E-state index in [9.17, 15) is 9.59 Å². The van der Waals surface area contributed by atoms with Crippen LogP contribution in [0.3, 0.4) is 0 Å². The van der Waals surface area contributed by atoms with Crippen LogP contribution in [0.25, 0.3) is 21.9 Å². The number of carbonyl (C=O) groups is 1. The van der Waals surface area contributed by atoms with E-state index in [1.54, 1.807) is 0 Å². The van der Waals surface area contributed by atoms with Crippen LogP contribution < -0.4 is 10.9 Å². The molecule has 0 spiro atoms. The number of hydrogen-bond acceptors (Lipinski definition) is 3. The molecule has 0 aliphatic heterocycles. The van der Waals surface area contributed by atoms with E-state index in [0.717, 1.165) is 28.2 Å². The summed E-state index contributed by atoms with van der Waals surface area (Å²) >= 11 is 3.44. The number of aryl methyl sites for hydroxylation is 1. The molecule has 0 radical (unpaired) electrons. The van der Waals surface area contributed by atoms with Gasteiger partial charge in [-0.25, -0.2) is 4.98 Å². The van der Waals surface area contributed by atoms with E-state index in [1.807, 2.05) is 43.3 Å². The zero-order valence-electron chi connectivity index (χ0n) is 16.0. The summed E-state index contributed by atoms with van der Waals surface area (Å²) in [4.78, 5) is 32.8. The van der Waals surface area contributed by atoms with E-state index < -0.39 is 0 Å². The molecule has 0 aliphatic carbocycles. The molecule has 2 heterocycles. The summed E-state index contributed by atoms with van der Waals surface area (Å²) in [6.07, 6.45) is 3.16. The maximum Gasteiger partial charge on any atom is 0.278 e. The molecule has 2 aromatic heterocycles. The van der Waals surface area contributed by atoms with Gasteiger partial charge in [0, 0.05) is 21.4 Å². The predicted octanol–water partition coefficient (Wildman–Crippen LogP) is 3.78. The van der Waals surface area contributed by atoms with Gasteiger partial charge < -0.3 is 10.3 Å². The number of nitrogens with one attached hydrogen (secondary N) is 2. The lowest BCUT2D eigenvalue weighted by Gasteiger charge is -2.14. The van der Waals surface area contributed by atoms with Crippen LogP contribution in [0.2, 0.25) is 0 Å². The van der Waals surface area contributed by atoms with Crippen molar-refractivity contribution in [2.45, 2.75) is 32.4 Å². The Balaban J connectivity index is 1.46. The van der Waals surface area contributed by atoms with Gasteiger partial charge in [-0.05, 0) is 43.5 Å². The lowest BCUT2D eigenvalue weighted by molar-refractivity contribution is -0.122. The molecule has 148 valence electrons. The highest BCUT2D eigenvalue weighted by Gasteiger charge is 2.14. The molecule has 1 amide bonds. The molecular formula is C22H21BrN4O2. The minimum absolute atomic E-state index is 0.0144. The number of carbonyl (C=O) groups excluding carboxylic acids is 1. The third kappa shape index (κ3) is 4.24. The Morgan fingerprint density at radius 3 is 2.83 bits per heavy atom. The van der Waals surface area contributed by atoms with Crippen LogP contribution in [0.5, 0.6) is 0 Å². The molecule has 0 saturated heterocycles. The monoisotopic (exact) mass is 452 g/mol. The second kappa shape index (κ2) is 8.21. The summed E-state index contributed by atoms with van der Waals surface area (Å²) < 4.78 is 2.26.